The molecule has 0 bridgehead atoms. The van der Waals surface area contributed by atoms with Gasteiger partial charge in [-0.25, -0.2) is 14.6 Å². The Hall–Kier alpha value is -2.88. The number of nitrogens with zero attached hydrogens (tertiary/aromatic N) is 5. The quantitative estimate of drug-likeness (QED) is 0.576. The number of amides is 1. The molecule has 2 heterocycles. The zero-order chi connectivity index (χ0) is 14.8. The van der Waals surface area contributed by atoms with Gasteiger partial charge < -0.3 is 5.32 Å². The summed E-state index contributed by atoms with van der Waals surface area (Å²) in [5.74, 6) is -0.297. The number of thiazole rings is 1. The minimum Gasteiger partial charge on any atom is -0.300 e. The molecule has 0 aliphatic carbocycles. The second-order valence-corrected chi connectivity index (χ2v) is 5.10. The highest BCUT2D eigenvalue weighted by Gasteiger charge is 2.12. The van der Waals surface area contributed by atoms with E-state index in [4.69, 9.17) is 0 Å². The summed E-state index contributed by atoms with van der Waals surface area (Å²) < 4.78 is 2.02. The Bertz CT molecular complexity index is 813. The van der Waals surface area contributed by atoms with Gasteiger partial charge in [-0.2, -0.15) is 5.10 Å². The van der Waals surface area contributed by atoms with Gasteiger partial charge in [-0.05, 0) is 6.07 Å². The number of carbonyl (C=O) groups is 1. The molecule has 3 rings (SSSR count). The average Bonchev–Trinajstić information content (AvgIpc) is 3.05. The molecule has 0 saturated heterocycles. The topological polar surface area (TPSA) is 116 Å². The van der Waals surface area contributed by atoms with Gasteiger partial charge in [0.15, 0.2) is 5.13 Å². The predicted octanol–water partition coefficient (Wildman–Crippen LogP) is 1.43. The average molecular weight is 304 g/mol. The first-order chi connectivity index (χ1) is 10.1. The summed E-state index contributed by atoms with van der Waals surface area (Å²) in [4.78, 5) is 30.0. The first-order valence-electron chi connectivity index (χ1n) is 5.79. The van der Waals surface area contributed by atoms with Crippen molar-refractivity contribution in [2.24, 2.45) is 0 Å². The van der Waals surface area contributed by atoms with Crippen molar-refractivity contribution in [1.29, 1.82) is 0 Å². The molecule has 0 spiro atoms. The molecular weight excluding hydrogens is 296 g/mol. The van der Waals surface area contributed by atoms with Crippen molar-refractivity contribution in [3.05, 3.63) is 41.0 Å². The summed E-state index contributed by atoms with van der Waals surface area (Å²) in [5.41, 5.74) is 0.591. The van der Waals surface area contributed by atoms with Gasteiger partial charge in [-0.1, -0.05) is 11.3 Å². The SMILES string of the molecule is O=C(Cn1cncn1)Nc1nc2ccc([N+](=O)[O-])cc2s1. The van der Waals surface area contributed by atoms with Crippen molar-refractivity contribution in [1.82, 2.24) is 19.7 Å². The van der Waals surface area contributed by atoms with Gasteiger partial charge in [-0.15, -0.1) is 0 Å². The number of rotatable bonds is 4. The van der Waals surface area contributed by atoms with Crippen LogP contribution in [0.15, 0.2) is 30.9 Å². The third-order valence-electron chi connectivity index (χ3n) is 2.60. The Kier molecular flexibility index (Phi) is 3.28. The summed E-state index contributed by atoms with van der Waals surface area (Å²) in [6.07, 6.45) is 2.77. The molecule has 2 aromatic heterocycles. The van der Waals surface area contributed by atoms with Gasteiger partial charge in [0.2, 0.25) is 5.91 Å². The number of non-ortho nitro benzene ring substituents is 1. The Balaban J connectivity index is 1.78. The maximum atomic E-state index is 11.8. The van der Waals surface area contributed by atoms with Crippen LogP contribution < -0.4 is 5.32 Å². The van der Waals surface area contributed by atoms with E-state index in [1.165, 1.54) is 40.8 Å². The first-order valence-corrected chi connectivity index (χ1v) is 6.61. The molecule has 0 atom stereocenters. The number of nitrogens with one attached hydrogen (secondary N) is 1. The van der Waals surface area contributed by atoms with Crippen LogP contribution in [-0.2, 0) is 11.3 Å². The summed E-state index contributed by atoms with van der Waals surface area (Å²) in [6.45, 7) is 0.0239. The fraction of sp³-hybridized carbons (Fsp3) is 0.0909. The smallest absolute Gasteiger partial charge is 0.270 e. The van der Waals surface area contributed by atoms with E-state index in [0.717, 1.165) is 0 Å². The Morgan fingerprint density at radius 3 is 3.05 bits per heavy atom. The summed E-state index contributed by atoms with van der Waals surface area (Å²) in [5, 5.41) is 17.5. The maximum Gasteiger partial charge on any atom is 0.270 e. The molecule has 0 saturated carbocycles. The molecule has 0 aliphatic heterocycles. The van der Waals surface area contributed by atoms with Crippen molar-refractivity contribution in [3.63, 3.8) is 0 Å². The number of carbonyl (C=O) groups excluding carboxylic acids is 1. The van der Waals surface area contributed by atoms with Crippen molar-refractivity contribution < 1.29 is 9.72 Å². The van der Waals surface area contributed by atoms with Crippen molar-refractivity contribution in [3.8, 4) is 0 Å². The Labute approximate surface area is 121 Å². The maximum absolute atomic E-state index is 11.8. The number of hydrogen-bond acceptors (Lipinski definition) is 7. The standard InChI is InChI=1S/C11H8N6O3S/c18-10(4-16-6-12-5-13-16)15-11-14-8-2-1-7(17(19)20)3-9(8)21-11/h1-3,5-6H,4H2,(H,14,15,18). The first kappa shape index (κ1) is 13.1. The van der Waals surface area contributed by atoms with Crippen molar-refractivity contribution >= 4 is 38.3 Å². The van der Waals surface area contributed by atoms with Crippen LogP contribution in [0.2, 0.25) is 0 Å². The van der Waals surface area contributed by atoms with E-state index in [9.17, 15) is 14.9 Å². The zero-order valence-electron chi connectivity index (χ0n) is 10.5. The molecule has 0 radical (unpaired) electrons. The second kappa shape index (κ2) is 5.25. The molecule has 1 amide bonds. The van der Waals surface area contributed by atoms with E-state index >= 15 is 0 Å². The van der Waals surface area contributed by atoms with E-state index < -0.39 is 4.92 Å². The monoisotopic (exact) mass is 304 g/mol. The number of fused-ring (bicyclic) bond motifs is 1. The molecule has 21 heavy (non-hydrogen) atoms. The lowest BCUT2D eigenvalue weighted by molar-refractivity contribution is -0.384. The van der Waals surface area contributed by atoms with Crippen LogP contribution in [-0.4, -0.2) is 30.6 Å². The number of anilines is 1. The third kappa shape index (κ3) is 2.84. The molecule has 106 valence electrons. The van der Waals surface area contributed by atoms with E-state index in [1.54, 1.807) is 6.07 Å². The van der Waals surface area contributed by atoms with Gasteiger partial charge in [0.05, 0.1) is 15.1 Å². The molecular formula is C11H8N6O3S. The van der Waals surface area contributed by atoms with Gasteiger partial charge in [0.1, 0.15) is 19.2 Å². The van der Waals surface area contributed by atoms with Crippen molar-refractivity contribution in [2.75, 3.05) is 5.32 Å². The molecule has 0 fully saturated rings. The zero-order valence-corrected chi connectivity index (χ0v) is 11.3. The molecule has 1 N–H and O–H groups in total. The number of benzene rings is 1. The molecule has 10 heteroatoms. The van der Waals surface area contributed by atoms with Crippen LogP contribution >= 0.6 is 11.3 Å². The number of nitro groups is 1. The largest absolute Gasteiger partial charge is 0.300 e. The van der Waals surface area contributed by atoms with Crippen LogP contribution in [0.25, 0.3) is 10.2 Å². The second-order valence-electron chi connectivity index (χ2n) is 4.07. The molecule has 9 nitrogen and oxygen atoms in total. The number of aromatic nitrogens is 4. The van der Waals surface area contributed by atoms with E-state index in [2.05, 4.69) is 20.4 Å². The summed E-state index contributed by atoms with van der Waals surface area (Å²) in [6, 6.07) is 4.36. The molecule has 0 aliphatic rings. The lowest BCUT2D eigenvalue weighted by atomic mass is 10.3. The minimum atomic E-state index is -0.470. The van der Waals surface area contributed by atoms with E-state index in [-0.39, 0.29) is 18.1 Å². The van der Waals surface area contributed by atoms with Crippen LogP contribution in [0, 0.1) is 10.1 Å². The normalized spacial score (nSPS) is 10.7. The van der Waals surface area contributed by atoms with Crippen LogP contribution in [0.1, 0.15) is 0 Å². The molecule has 0 unspecified atom stereocenters. The Morgan fingerprint density at radius 1 is 1.48 bits per heavy atom. The Morgan fingerprint density at radius 2 is 2.33 bits per heavy atom. The van der Waals surface area contributed by atoms with Gasteiger partial charge in [-0.3, -0.25) is 14.9 Å². The summed E-state index contributed by atoms with van der Waals surface area (Å²) in [7, 11) is 0. The van der Waals surface area contributed by atoms with Gasteiger partial charge in [0.25, 0.3) is 5.69 Å². The fourth-order valence-electron chi connectivity index (χ4n) is 1.70. The minimum absolute atomic E-state index is 0.00774. The van der Waals surface area contributed by atoms with E-state index in [1.807, 2.05) is 0 Å². The molecule has 1 aromatic carbocycles. The highest BCUT2D eigenvalue weighted by atomic mass is 32.1. The number of nitro benzene ring substituents is 1. The van der Waals surface area contributed by atoms with Crippen LogP contribution in [0.4, 0.5) is 10.8 Å². The lowest BCUT2D eigenvalue weighted by Gasteiger charge is -2.00. The number of hydrogen-bond donors (Lipinski definition) is 1. The van der Waals surface area contributed by atoms with Gasteiger partial charge >= 0.3 is 0 Å². The van der Waals surface area contributed by atoms with Crippen LogP contribution in [0.5, 0.6) is 0 Å². The highest BCUT2D eigenvalue weighted by molar-refractivity contribution is 7.22. The highest BCUT2D eigenvalue weighted by Crippen LogP contribution is 2.29. The van der Waals surface area contributed by atoms with Gasteiger partial charge in [0, 0.05) is 12.1 Å². The van der Waals surface area contributed by atoms with E-state index in [0.29, 0.717) is 15.3 Å². The van der Waals surface area contributed by atoms with Crippen LogP contribution in [0.3, 0.4) is 0 Å². The lowest BCUT2D eigenvalue weighted by Crippen LogP contribution is -2.18. The fourth-order valence-corrected chi connectivity index (χ4v) is 2.62. The summed E-state index contributed by atoms with van der Waals surface area (Å²) >= 11 is 1.18. The molecule has 3 aromatic rings. The third-order valence-corrected chi connectivity index (χ3v) is 3.53. The van der Waals surface area contributed by atoms with Crippen molar-refractivity contribution in [2.45, 2.75) is 6.54 Å². The predicted molar refractivity (Wildman–Crippen MR) is 74.9 cm³/mol.